The predicted molar refractivity (Wildman–Crippen MR) is 98.2 cm³/mol. The normalized spacial score (nSPS) is 20.0. The summed E-state index contributed by atoms with van der Waals surface area (Å²) in [6.07, 6.45) is 3.03. The minimum Gasteiger partial charge on any atom is -0.356 e. The average molecular weight is 399 g/mol. The van der Waals surface area contributed by atoms with Crippen LogP contribution in [0.5, 0.6) is 0 Å². The van der Waals surface area contributed by atoms with Gasteiger partial charge in [-0.2, -0.15) is 5.26 Å². The van der Waals surface area contributed by atoms with Crippen LogP contribution in [0.15, 0.2) is 30.6 Å². The van der Waals surface area contributed by atoms with Crippen molar-refractivity contribution >= 4 is 11.7 Å². The van der Waals surface area contributed by atoms with Crippen molar-refractivity contribution in [3.8, 4) is 6.07 Å². The summed E-state index contributed by atoms with van der Waals surface area (Å²) in [5.41, 5.74) is 0.694. The number of halogens is 2. The number of hydrogen-bond acceptors (Lipinski definition) is 6. The molecule has 7 nitrogen and oxygen atoms in total. The fourth-order valence-corrected chi connectivity index (χ4v) is 3.87. The Morgan fingerprint density at radius 3 is 2.52 bits per heavy atom. The Morgan fingerprint density at radius 1 is 1.10 bits per heavy atom. The van der Waals surface area contributed by atoms with Gasteiger partial charge < -0.3 is 4.90 Å². The van der Waals surface area contributed by atoms with Crippen LogP contribution in [0.1, 0.15) is 36.6 Å². The van der Waals surface area contributed by atoms with Gasteiger partial charge in [-0.3, -0.25) is 9.63 Å². The van der Waals surface area contributed by atoms with Gasteiger partial charge in [-0.25, -0.2) is 23.8 Å². The first-order valence-corrected chi connectivity index (χ1v) is 9.44. The van der Waals surface area contributed by atoms with Gasteiger partial charge in [0.05, 0.1) is 12.6 Å². The zero-order valence-corrected chi connectivity index (χ0v) is 15.6. The molecule has 0 N–H and O–H groups in total. The van der Waals surface area contributed by atoms with E-state index < -0.39 is 17.7 Å². The first kappa shape index (κ1) is 19.2. The number of piperidine rings is 1. The van der Waals surface area contributed by atoms with Gasteiger partial charge in [-0.1, -0.05) is 0 Å². The topological polar surface area (TPSA) is 82.4 Å². The molecule has 2 aromatic rings. The number of anilines is 1. The summed E-state index contributed by atoms with van der Waals surface area (Å²) in [7, 11) is 0. The summed E-state index contributed by atoms with van der Waals surface area (Å²) in [5.74, 6) is -1.10. The fourth-order valence-electron chi connectivity index (χ4n) is 3.87. The molecule has 0 bridgehead atoms. The number of nitrogens with zero attached hydrogens (tertiary/aromatic N) is 5. The van der Waals surface area contributed by atoms with Crippen molar-refractivity contribution in [1.82, 2.24) is 15.0 Å². The van der Waals surface area contributed by atoms with Gasteiger partial charge >= 0.3 is 0 Å². The smallest absolute Gasteiger partial charge is 0.249 e. The van der Waals surface area contributed by atoms with Gasteiger partial charge in [-0.05, 0) is 30.5 Å². The minimum atomic E-state index is -0.672. The Kier molecular flexibility index (Phi) is 5.36. The molecule has 0 radical (unpaired) electrons. The Bertz CT molecular complexity index is 936. The van der Waals surface area contributed by atoms with Gasteiger partial charge in [-0.15, -0.1) is 0 Å². The highest BCUT2D eigenvalue weighted by Crippen LogP contribution is 2.34. The van der Waals surface area contributed by atoms with E-state index in [-0.39, 0.29) is 11.8 Å². The minimum absolute atomic E-state index is 0.169. The van der Waals surface area contributed by atoms with Gasteiger partial charge in [0.2, 0.25) is 5.91 Å². The summed E-state index contributed by atoms with van der Waals surface area (Å²) < 4.78 is 27.2. The van der Waals surface area contributed by atoms with Crippen molar-refractivity contribution in [2.45, 2.75) is 25.3 Å². The molecule has 29 heavy (non-hydrogen) atoms. The standard InChI is InChI=1S/C20H19F2N5O2/c21-15-7-14(8-16(22)9-15)18-3-6-29-27(18)20(28)13-1-4-26(5-2-13)19-10-17(11-23)24-12-25-19/h7-10,12-13,18H,1-6H2/t18-/m1/s1. The highest BCUT2D eigenvalue weighted by molar-refractivity contribution is 5.79. The van der Waals surface area contributed by atoms with E-state index in [1.165, 1.54) is 23.5 Å². The number of carbonyl (C=O) groups is 1. The molecule has 1 aromatic heterocycles. The Hall–Kier alpha value is -3.12. The van der Waals surface area contributed by atoms with Crippen molar-refractivity contribution in [3.63, 3.8) is 0 Å². The molecular formula is C20H19F2N5O2. The van der Waals surface area contributed by atoms with Crippen molar-refractivity contribution in [1.29, 1.82) is 5.26 Å². The lowest BCUT2D eigenvalue weighted by Gasteiger charge is -2.34. The number of amides is 1. The van der Waals surface area contributed by atoms with Crippen LogP contribution in [-0.4, -0.2) is 40.6 Å². The monoisotopic (exact) mass is 399 g/mol. The molecule has 1 atom stereocenters. The summed E-state index contributed by atoms with van der Waals surface area (Å²) in [5, 5.41) is 10.3. The third kappa shape index (κ3) is 4.03. The van der Waals surface area contributed by atoms with E-state index in [9.17, 15) is 13.6 Å². The molecule has 4 rings (SSSR count). The number of aromatic nitrogens is 2. The lowest BCUT2D eigenvalue weighted by Crippen LogP contribution is -2.42. The molecule has 2 aliphatic heterocycles. The number of nitriles is 1. The maximum atomic E-state index is 13.6. The molecule has 0 aliphatic carbocycles. The van der Waals surface area contributed by atoms with Crippen LogP contribution in [0.2, 0.25) is 0 Å². The highest BCUT2D eigenvalue weighted by Gasteiger charge is 2.37. The SMILES string of the molecule is N#Cc1cc(N2CCC(C(=O)N3OCC[C@@H]3c3cc(F)cc(F)c3)CC2)ncn1. The van der Waals surface area contributed by atoms with E-state index in [0.717, 1.165) is 6.07 Å². The second kappa shape index (κ2) is 8.09. The molecule has 9 heteroatoms. The van der Waals surface area contributed by atoms with Crippen LogP contribution in [0.3, 0.4) is 0 Å². The quantitative estimate of drug-likeness (QED) is 0.789. The molecule has 150 valence electrons. The molecule has 2 saturated heterocycles. The predicted octanol–water partition coefficient (Wildman–Crippen LogP) is 2.75. The van der Waals surface area contributed by atoms with Crippen LogP contribution >= 0.6 is 0 Å². The summed E-state index contributed by atoms with van der Waals surface area (Å²) in [4.78, 5) is 28.6. The molecular weight excluding hydrogens is 380 g/mol. The molecule has 0 spiro atoms. The average Bonchev–Trinajstić information content (AvgIpc) is 3.23. The van der Waals surface area contributed by atoms with Crippen LogP contribution in [-0.2, 0) is 9.63 Å². The van der Waals surface area contributed by atoms with Crippen molar-refractivity contribution in [2.75, 3.05) is 24.6 Å². The zero-order valence-electron chi connectivity index (χ0n) is 15.6. The first-order valence-electron chi connectivity index (χ1n) is 9.44. The van der Waals surface area contributed by atoms with Crippen LogP contribution in [0, 0.1) is 28.9 Å². The summed E-state index contributed by atoms with van der Waals surface area (Å²) in [6, 6.07) is 6.42. The molecule has 0 saturated carbocycles. The van der Waals surface area contributed by atoms with Crippen molar-refractivity contribution < 1.29 is 18.4 Å². The molecule has 0 unspecified atom stereocenters. The lowest BCUT2D eigenvalue weighted by molar-refractivity contribution is -0.182. The molecule has 1 aromatic carbocycles. The van der Waals surface area contributed by atoms with E-state index in [4.69, 9.17) is 10.1 Å². The number of carbonyl (C=O) groups excluding carboxylic acids is 1. The van der Waals surface area contributed by atoms with E-state index in [0.29, 0.717) is 56.0 Å². The van der Waals surface area contributed by atoms with E-state index in [1.54, 1.807) is 6.07 Å². The fraction of sp³-hybridized carbons (Fsp3) is 0.400. The second-order valence-corrected chi connectivity index (χ2v) is 7.14. The lowest BCUT2D eigenvalue weighted by atomic mass is 9.94. The maximum absolute atomic E-state index is 13.6. The molecule has 2 fully saturated rings. The maximum Gasteiger partial charge on any atom is 0.249 e. The Morgan fingerprint density at radius 2 is 1.83 bits per heavy atom. The van der Waals surface area contributed by atoms with Gasteiger partial charge in [0.15, 0.2) is 0 Å². The highest BCUT2D eigenvalue weighted by atomic mass is 19.1. The van der Waals surface area contributed by atoms with Crippen molar-refractivity contribution in [2.24, 2.45) is 5.92 Å². The van der Waals surface area contributed by atoms with E-state index >= 15 is 0 Å². The molecule has 2 aliphatic rings. The third-order valence-corrected chi connectivity index (χ3v) is 5.33. The van der Waals surface area contributed by atoms with Gasteiger partial charge in [0.25, 0.3) is 0 Å². The summed E-state index contributed by atoms with van der Waals surface area (Å²) in [6.45, 7) is 1.53. The van der Waals surface area contributed by atoms with Gasteiger partial charge in [0.1, 0.15) is 35.5 Å². The second-order valence-electron chi connectivity index (χ2n) is 7.14. The van der Waals surface area contributed by atoms with Crippen LogP contribution < -0.4 is 4.90 Å². The largest absolute Gasteiger partial charge is 0.356 e. The first-order chi connectivity index (χ1) is 14.0. The third-order valence-electron chi connectivity index (χ3n) is 5.33. The van der Waals surface area contributed by atoms with E-state index in [1.807, 2.05) is 11.0 Å². The number of hydroxylamine groups is 2. The van der Waals surface area contributed by atoms with Crippen molar-refractivity contribution in [3.05, 3.63) is 53.5 Å². The number of hydrogen-bond donors (Lipinski definition) is 0. The Labute approximate surface area is 166 Å². The van der Waals surface area contributed by atoms with Crippen LogP contribution in [0.25, 0.3) is 0 Å². The molecule has 3 heterocycles. The summed E-state index contributed by atoms with van der Waals surface area (Å²) >= 11 is 0. The number of benzene rings is 1. The Balaban J connectivity index is 1.43. The zero-order chi connectivity index (χ0) is 20.4. The number of rotatable bonds is 3. The molecule has 1 amide bonds. The van der Waals surface area contributed by atoms with E-state index in [2.05, 4.69) is 9.97 Å². The van der Waals surface area contributed by atoms with Gasteiger partial charge in [0, 0.05) is 37.6 Å². The van der Waals surface area contributed by atoms with Crippen LogP contribution in [0.4, 0.5) is 14.6 Å².